The van der Waals surface area contributed by atoms with Gasteiger partial charge in [-0.15, -0.1) is 0 Å². The van der Waals surface area contributed by atoms with E-state index in [1.807, 2.05) is 14.0 Å². The Bertz CT molecular complexity index is 623. The molecule has 5 nitrogen and oxygen atoms in total. The van der Waals surface area contributed by atoms with E-state index in [0.717, 1.165) is 6.07 Å². The minimum absolute atomic E-state index is 0.0535. The lowest BCUT2D eigenvalue weighted by molar-refractivity contribution is 0.170. The number of nitrogens with two attached hydrogens (primary N) is 1. The fourth-order valence-electron chi connectivity index (χ4n) is 2.37. The van der Waals surface area contributed by atoms with Gasteiger partial charge in [-0.05, 0) is 42.0 Å². The maximum absolute atomic E-state index is 13.4. The van der Waals surface area contributed by atoms with Crippen LogP contribution in [0, 0.1) is 5.82 Å². The number of sulfonamides is 1. The molecular formula is C12H17BrFN3O2S. The van der Waals surface area contributed by atoms with Crippen molar-refractivity contribution in [2.75, 3.05) is 32.4 Å². The van der Waals surface area contributed by atoms with Crippen LogP contribution in [0.25, 0.3) is 0 Å². The zero-order valence-electron chi connectivity index (χ0n) is 11.3. The summed E-state index contributed by atoms with van der Waals surface area (Å²) in [6.07, 6.45) is 0. The molecule has 1 unspecified atom stereocenters. The minimum Gasteiger partial charge on any atom is -0.398 e. The Hall–Kier alpha value is -0.700. The van der Waals surface area contributed by atoms with Crippen LogP contribution in [0.15, 0.2) is 21.5 Å². The van der Waals surface area contributed by atoms with Gasteiger partial charge in [0.15, 0.2) is 0 Å². The van der Waals surface area contributed by atoms with E-state index in [9.17, 15) is 12.8 Å². The van der Waals surface area contributed by atoms with Crippen molar-refractivity contribution in [3.05, 3.63) is 22.4 Å². The summed E-state index contributed by atoms with van der Waals surface area (Å²) in [5.41, 5.74) is 5.61. The van der Waals surface area contributed by atoms with Crippen LogP contribution in [0.1, 0.15) is 6.92 Å². The van der Waals surface area contributed by atoms with Crippen molar-refractivity contribution in [3.63, 3.8) is 0 Å². The second kappa shape index (κ2) is 5.59. The largest absolute Gasteiger partial charge is 0.398 e. The third kappa shape index (κ3) is 2.83. The van der Waals surface area contributed by atoms with Gasteiger partial charge in [-0.2, -0.15) is 4.31 Å². The van der Waals surface area contributed by atoms with Gasteiger partial charge >= 0.3 is 0 Å². The third-order valence-corrected chi connectivity index (χ3v) is 6.09. The van der Waals surface area contributed by atoms with Crippen LogP contribution < -0.4 is 5.73 Å². The smallest absolute Gasteiger partial charge is 0.245 e. The molecule has 2 rings (SSSR count). The number of nitrogen functional groups attached to an aromatic ring is 1. The van der Waals surface area contributed by atoms with E-state index >= 15 is 0 Å². The highest BCUT2D eigenvalue weighted by Crippen LogP contribution is 2.30. The van der Waals surface area contributed by atoms with Crippen molar-refractivity contribution >= 4 is 31.6 Å². The maximum Gasteiger partial charge on any atom is 0.245 e. The molecule has 2 N–H and O–H groups in total. The monoisotopic (exact) mass is 365 g/mol. The number of piperazine rings is 1. The lowest BCUT2D eigenvalue weighted by atomic mass is 10.2. The summed E-state index contributed by atoms with van der Waals surface area (Å²) in [5.74, 6) is -0.576. The van der Waals surface area contributed by atoms with Crippen molar-refractivity contribution in [2.24, 2.45) is 0 Å². The number of halogens is 2. The topological polar surface area (TPSA) is 66.6 Å². The molecule has 0 aromatic heterocycles. The fourth-order valence-corrected chi connectivity index (χ4v) is 4.61. The molecule has 0 radical (unpaired) electrons. The predicted molar refractivity (Wildman–Crippen MR) is 79.4 cm³/mol. The van der Waals surface area contributed by atoms with Gasteiger partial charge in [-0.1, -0.05) is 0 Å². The molecule has 1 aromatic rings. The van der Waals surface area contributed by atoms with Crippen molar-refractivity contribution in [1.29, 1.82) is 0 Å². The van der Waals surface area contributed by atoms with Gasteiger partial charge < -0.3 is 10.6 Å². The van der Waals surface area contributed by atoms with Crippen molar-refractivity contribution < 1.29 is 12.8 Å². The van der Waals surface area contributed by atoms with Gasteiger partial charge in [-0.25, -0.2) is 12.8 Å². The molecule has 20 heavy (non-hydrogen) atoms. The Morgan fingerprint density at radius 1 is 1.40 bits per heavy atom. The summed E-state index contributed by atoms with van der Waals surface area (Å²) in [7, 11) is -1.77. The SMILES string of the molecule is CC1CN(C)CCN1S(=O)(=O)c1cc(Br)c(F)cc1N. The molecule has 1 aromatic carbocycles. The quantitative estimate of drug-likeness (QED) is 0.806. The summed E-state index contributed by atoms with van der Waals surface area (Å²) in [4.78, 5) is 2.02. The van der Waals surface area contributed by atoms with Crippen LogP contribution in [0.4, 0.5) is 10.1 Å². The summed E-state index contributed by atoms with van der Waals surface area (Å²) < 4.78 is 40.2. The number of hydrogen-bond acceptors (Lipinski definition) is 4. The van der Waals surface area contributed by atoms with Gasteiger partial charge in [0.05, 0.1) is 10.2 Å². The van der Waals surface area contributed by atoms with Gasteiger partial charge in [-0.3, -0.25) is 0 Å². The lowest BCUT2D eigenvalue weighted by Gasteiger charge is -2.37. The van der Waals surface area contributed by atoms with Gasteiger partial charge in [0.2, 0.25) is 10.0 Å². The van der Waals surface area contributed by atoms with Crippen LogP contribution >= 0.6 is 15.9 Å². The highest BCUT2D eigenvalue weighted by atomic mass is 79.9. The first-order valence-corrected chi connectivity index (χ1v) is 8.41. The molecule has 0 amide bonds. The molecule has 8 heteroatoms. The summed E-state index contributed by atoms with van der Waals surface area (Å²) >= 11 is 3.00. The molecule has 112 valence electrons. The van der Waals surface area contributed by atoms with E-state index in [-0.39, 0.29) is 21.1 Å². The van der Waals surface area contributed by atoms with Gasteiger partial charge in [0.1, 0.15) is 10.7 Å². The second-order valence-corrected chi connectivity index (χ2v) is 7.74. The van der Waals surface area contributed by atoms with E-state index in [0.29, 0.717) is 19.6 Å². The molecule has 0 aliphatic carbocycles. The molecule has 1 aliphatic rings. The Balaban J connectivity index is 2.43. The maximum atomic E-state index is 13.4. The highest BCUT2D eigenvalue weighted by Gasteiger charge is 2.34. The molecule has 0 bridgehead atoms. The standard InChI is InChI=1S/C12H17BrFN3O2S/c1-8-7-16(2)3-4-17(8)20(18,19)12-5-9(13)10(14)6-11(12)15/h5-6,8H,3-4,7,15H2,1-2H3. The molecular weight excluding hydrogens is 349 g/mol. The van der Waals surface area contributed by atoms with Crippen molar-refractivity contribution in [2.45, 2.75) is 17.9 Å². The number of nitrogens with zero attached hydrogens (tertiary/aromatic N) is 2. The summed E-state index contributed by atoms with van der Waals surface area (Å²) in [6, 6.07) is 2.10. The first-order chi connectivity index (χ1) is 9.23. The Morgan fingerprint density at radius 2 is 2.05 bits per heavy atom. The van der Waals surface area contributed by atoms with Crippen LogP contribution in [0.3, 0.4) is 0 Å². The highest BCUT2D eigenvalue weighted by molar-refractivity contribution is 9.10. The number of rotatable bonds is 2. The molecule has 1 atom stereocenters. The average Bonchev–Trinajstić information content (AvgIpc) is 2.33. The van der Waals surface area contributed by atoms with E-state index in [4.69, 9.17) is 5.73 Å². The molecule has 1 aliphatic heterocycles. The minimum atomic E-state index is -3.72. The molecule has 0 spiro atoms. The van der Waals surface area contributed by atoms with Crippen LogP contribution in [-0.4, -0.2) is 50.3 Å². The number of benzene rings is 1. The number of likely N-dealkylation sites (N-methyl/N-ethyl adjacent to an activating group) is 1. The van der Waals surface area contributed by atoms with Crippen LogP contribution in [0.2, 0.25) is 0 Å². The Kier molecular flexibility index (Phi) is 4.38. The fraction of sp³-hybridized carbons (Fsp3) is 0.500. The molecule has 1 heterocycles. The van der Waals surface area contributed by atoms with E-state index in [1.54, 1.807) is 0 Å². The van der Waals surface area contributed by atoms with Gasteiger partial charge in [0.25, 0.3) is 0 Å². The lowest BCUT2D eigenvalue weighted by Crippen LogP contribution is -2.52. The van der Waals surface area contributed by atoms with Crippen molar-refractivity contribution in [3.8, 4) is 0 Å². The second-order valence-electron chi connectivity index (χ2n) is 5.03. The predicted octanol–water partition coefficient (Wildman–Crippen LogP) is 1.50. The molecule has 1 saturated heterocycles. The molecule has 1 fully saturated rings. The average molecular weight is 366 g/mol. The first kappa shape index (κ1) is 15.7. The van der Waals surface area contributed by atoms with E-state index < -0.39 is 15.8 Å². The van der Waals surface area contributed by atoms with E-state index in [2.05, 4.69) is 20.8 Å². The van der Waals surface area contributed by atoms with Crippen LogP contribution in [0.5, 0.6) is 0 Å². The van der Waals surface area contributed by atoms with Gasteiger partial charge in [0, 0.05) is 25.7 Å². The number of hydrogen-bond donors (Lipinski definition) is 1. The normalized spacial score (nSPS) is 22.1. The van der Waals surface area contributed by atoms with E-state index in [1.165, 1.54) is 10.4 Å². The molecule has 0 saturated carbocycles. The van der Waals surface area contributed by atoms with Crippen molar-refractivity contribution in [1.82, 2.24) is 9.21 Å². The summed E-state index contributed by atoms with van der Waals surface area (Å²) in [6.45, 7) is 3.56. The summed E-state index contributed by atoms with van der Waals surface area (Å²) in [5, 5.41) is 0. The first-order valence-electron chi connectivity index (χ1n) is 6.18. The Morgan fingerprint density at radius 3 is 2.65 bits per heavy atom. The zero-order valence-corrected chi connectivity index (χ0v) is 13.7. The Labute approximate surface area is 126 Å². The number of anilines is 1. The third-order valence-electron chi connectivity index (χ3n) is 3.41. The van der Waals surface area contributed by atoms with Crippen LogP contribution in [-0.2, 0) is 10.0 Å². The zero-order chi connectivity index (χ0) is 15.1.